The molecule has 104 valence electrons. The van der Waals surface area contributed by atoms with Crippen LogP contribution in [0.1, 0.15) is 27.2 Å². The number of nitrogens with zero attached hydrogens (tertiary/aromatic N) is 1. The zero-order valence-electron chi connectivity index (χ0n) is 11.0. The number of cyclic esters (lactones) is 2. The lowest BCUT2D eigenvalue weighted by atomic mass is 9.79. The number of rotatable bonds is 4. The fourth-order valence-corrected chi connectivity index (χ4v) is 2.34. The number of esters is 2. The van der Waals surface area contributed by atoms with Crippen LogP contribution in [-0.4, -0.2) is 22.7 Å². The maximum absolute atomic E-state index is 11.9. The molecule has 0 amide bonds. The summed E-state index contributed by atoms with van der Waals surface area (Å²) in [7, 11) is 0. The van der Waals surface area contributed by atoms with Crippen LogP contribution in [0.5, 0.6) is 0 Å². The summed E-state index contributed by atoms with van der Waals surface area (Å²) in [5.41, 5.74) is 5.48. The Morgan fingerprint density at radius 3 is 2.26 bits per heavy atom. The number of carbonyl (C=O) groups is 2. The molecule has 0 aromatic heterocycles. The minimum Gasteiger partial charge on any atom is -0.422 e. The average Bonchev–Trinajstić information content (AvgIpc) is 2.24. The van der Waals surface area contributed by atoms with Crippen molar-refractivity contribution in [3.05, 3.63) is 0 Å². The van der Waals surface area contributed by atoms with E-state index < -0.39 is 35.5 Å². The van der Waals surface area contributed by atoms with E-state index in [9.17, 15) is 9.59 Å². The van der Waals surface area contributed by atoms with Gasteiger partial charge in [0.1, 0.15) is 5.92 Å². The van der Waals surface area contributed by atoms with Crippen LogP contribution in [0, 0.1) is 29.1 Å². The van der Waals surface area contributed by atoms with Gasteiger partial charge in [-0.1, -0.05) is 25.6 Å². The fourth-order valence-electron chi connectivity index (χ4n) is 2.11. The molecule has 1 fully saturated rings. The molecule has 0 saturated carbocycles. The van der Waals surface area contributed by atoms with E-state index in [1.54, 1.807) is 6.92 Å². The van der Waals surface area contributed by atoms with Gasteiger partial charge in [-0.3, -0.25) is 9.59 Å². The van der Waals surface area contributed by atoms with Gasteiger partial charge in [-0.25, -0.2) is 0 Å². The van der Waals surface area contributed by atoms with E-state index in [0.717, 1.165) is 0 Å². The third-order valence-corrected chi connectivity index (χ3v) is 3.23. The number of ether oxygens (including phenoxy) is 2. The summed E-state index contributed by atoms with van der Waals surface area (Å²) in [5.74, 6) is -5.36. The highest BCUT2D eigenvalue weighted by atomic mass is 32.1. The Kier molecular flexibility index (Phi) is 4.48. The van der Waals surface area contributed by atoms with Crippen LogP contribution in [0.25, 0.3) is 0 Å². The molecule has 1 aliphatic heterocycles. The van der Waals surface area contributed by atoms with Crippen LogP contribution in [-0.2, 0) is 19.1 Å². The zero-order chi connectivity index (χ0) is 14.8. The molecule has 0 aromatic rings. The highest BCUT2D eigenvalue weighted by molar-refractivity contribution is 7.80. The van der Waals surface area contributed by atoms with Gasteiger partial charge >= 0.3 is 11.9 Å². The number of hydrogen-bond acceptors (Lipinski definition) is 6. The minimum atomic E-state index is -1.28. The van der Waals surface area contributed by atoms with E-state index in [2.05, 4.69) is 0 Å². The number of nitrogens with two attached hydrogens (primary N) is 1. The summed E-state index contributed by atoms with van der Waals surface area (Å²) in [6, 6.07) is 1.93. The zero-order valence-corrected chi connectivity index (χ0v) is 11.8. The molecule has 1 saturated heterocycles. The Hall–Kier alpha value is -1.68. The molecule has 7 heteroatoms. The van der Waals surface area contributed by atoms with E-state index >= 15 is 0 Å². The van der Waals surface area contributed by atoms with Crippen LogP contribution >= 0.6 is 12.2 Å². The highest BCUT2D eigenvalue weighted by Gasteiger charge is 2.49. The monoisotopic (exact) mass is 284 g/mol. The quantitative estimate of drug-likeness (QED) is 0.464. The largest absolute Gasteiger partial charge is 0.422 e. The van der Waals surface area contributed by atoms with Gasteiger partial charge in [-0.05, 0) is 0 Å². The first-order chi connectivity index (χ1) is 8.73. The highest BCUT2D eigenvalue weighted by Crippen LogP contribution is 2.33. The minimum absolute atomic E-state index is 0.0419. The molecule has 0 aliphatic carbocycles. The molecular weight excluding hydrogens is 268 g/mol. The molecule has 0 unspecified atom stereocenters. The average molecular weight is 284 g/mol. The normalized spacial score (nSPS) is 21.8. The number of nitriles is 1. The topological polar surface area (TPSA) is 102 Å². The van der Waals surface area contributed by atoms with E-state index in [-0.39, 0.29) is 4.99 Å². The maximum atomic E-state index is 11.9. The summed E-state index contributed by atoms with van der Waals surface area (Å²) >= 11 is 4.80. The predicted octanol–water partition coefficient (Wildman–Crippen LogP) is 0.891. The Morgan fingerprint density at radius 2 is 1.95 bits per heavy atom. The molecule has 1 aliphatic rings. The smallest absolute Gasteiger partial charge is 0.323 e. The van der Waals surface area contributed by atoms with Gasteiger partial charge in [0, 0.05) is 19.8 Å². The fraction of sp³-hybridized carbons (Fsp3) is 0.667. The summed E-state index contributed by atoms with van der Waals surface area (Å²) < 4.78 is 10.1. The van der Waals surface area contributed by atoms with Gasteiger partial charge in [0.15, 0.2) is 5.92 Å². The van der Waals surface area contributed by atoms with Gasteiger partial charge in [-0.2, -0.15) is 5.26 Å². The van der Waals surface area contributed by atoms with Gasteiger partial charge in [-0.15, -0.1) is 0 Å². The molecular formula is C12H16N2O4S. The van der Waals surface area contributed by atoms with Crippen molar-refractivity contribution in [2.45, 2.75) is 33.0 Å². The molecule has 1 heterocycles. The molecule has 19 heavy (non-hydrogen) atoms. The van der Waals surface area contributed by atoms with Crippen molar-refractivity contribution < 1.29 is 19.1 Å². The van der Waals surface area contributed by atoms with Gasteiger partial charge in [0.2, 0.25) is 0 Å². The molecule has 0 bridgehead atoms. The van der Waals surface area contributed by atoms with Crippen LogP contribution in [0.2, 0.25) is 0 Å². The van der Waals surface area contributed by atoms with Crippen LogP contribution in [0.15, 0.2) is 0 Å². The summed E-state index contributed by atoms with van der Waals surface area (Å²) in [6.45, 7) is 4.68. The summed E-state index contributed by atoms with van der Waals surface area (Å²) in [6.07, 6.45) is 0.380. The molecule has 6 nitrogen and oxygen atoms in total. The second-order valence-corrected chi connectivity index (χ2v) is 5.27. The van der Waals surface area contributed by atoms with Crippen molar-refractivity contribution >= 4 is 29.1 Å². The lowest BCUT2D eigenvalue weighted by Crippen LogP contribution is -2.50. The second kappa shape index (κ2) is 5.53. The van der Waals surface area contributed by atoms with Crippen LogP contribution < -0.4 is 5.73 Å². The Morgan fingerprint density at radius 1 is 1.47 bits per heavy atom. The van der Waals surface area contributed by atoms with Crippen LogP contribution in [0.4, 0.5) is 0 Å². The van der Waals surface area contributed by atoms with E-state index in [1.807, 2.05) is 6.07 Å². The van der Waals surface area contributed by atoms with Crippen molar-refractivity contribution in [1.82, 2.24) is 0 Å². The summed E-state index contributed by atoms with van der Waals surface area (Å²) in [5, 5.41) is 9.08. The maximum Gasteiger partial charge on any atom is 0.323 e. The van der Waals surface area contributed by atoms with E-state index in [0.29, 0.717) is 6.42 Å². The Labute approximate surface area is 116 Å². The van der Waals surface area contributed by atoms with E-state index in [4.69, 9.17) is 32.7 Å². The first-order valence-corrected chi connectivity index (χ1v) is 6.29. The number of hydrogen-bond donors (Lipinski definition) is 1. The molecule has 2 atom stereocenters. The third kappa shape index (κ3) is 3.20. The second-order valence-electron chi connectivity index (χ2n) is 4.80. The van der Waals surface area contributed by atoms with Crippen LogP contribution in [0.3, 0.4) is 0 Å². The van der Waals surface area contributed by atoms with Crippen molar-refractivity contribution in [2.24, 2.45) is 23.5 Å². The molecule has 2 N–H and O–H groups in total. The van der Waals surface area contributed by atoms with Crippen molar-refractivity contribution in [1.29, 1.82) is 5.26 Å². The standard InChI is InChI=1S/C12H16N2O4S/c1-4-6(7(5-13)9(14)19)8-10(15)17-12(2,3)18-11(8)16/h6-8H,4H2,1-3H3,(H2,14,19)/t6-,7+/m0/s1. The van der Waals surface area contributed by atoms with Crippen molar-refractivity contribution in [3.8, 4) is 6.07 Å². The summed E-state index contributed by atoms with van der Waals surface area (Å²) in [4.78, 5) is 23.9. The van der Waals surface area contributed by atoms with Crippen molar-refractivity contribution in [2.75, 3.05) is 0 Å². The van der Waals surface area contributed by atoms with Crippen molar-refractivity contribution in [3.63, 3.8) is 0 Å². The molecule has 0 spiro atoms. The Bertz CT molecular complexity index is 435. The molecule has 0 radical (unpaired) electrons. The molecule has 0 aromatic carbocycles. The van der Waals surface area contributed by atoms with E-state index in [1.165, 1.54) is 13.8 Å². The Balaban J connectivity index is 3.06. The van der Waals surface area contributed by atoms with Gasteiger partial charge in [0.05, 0.1) is 11.1 Å². The predicted molar refractivity (Wildman–Crippen MR) is 69.4 cm³/mol. The number of thiocarbonyl (C=S) groups is 1. The third-order valence-electron chi connectivity index (χ3n) is 2.97. The first kappa shape index (κ1) is 15.4. The van der Waals surface area contributed by atoms with Gasteiger partial charge < -0.3 is 15.2 Å². The lowest BCUT2D eigenvalue weighted by Gasteiger charge is -2.36. The lowest BCUT2D eigenvalue weighted by molar-refractivity contribution is -0.243. The van der Waals surface area contributed by atoms with Gasteiger partial charge in [0.25, 0.3) is 5.79 Å². The first-order valence-electron chi connectivity index (χ1n) is 5.88. The molecule has 1 rings (SSSR count). The SMILES string of the molecule is CC[C@H](C1C(=O)OC(C)(C)OC1=O)[C@@H](C#N)C(N)=S. The number of carbonyl (C=O) groups excluding carboxylic acids is 2.